The lowest BCUT2D eigenvalue weighted by atomic mass is 9.68. The van der Waals surface area contributed by atoms with E-state index in [1.165, 1.54) is 22.3 Å². The molecule has 6 rings (SSSR count). The Labute approximate surface area is 270 Å². The lowest BCUT2D eigenvalue weighted by Crippen LogP contribution is -2.31. The van der Waals surface area contributed by atoms with E-state index in [9.17, 15) is 4.79 Å². The third-order valence-electron chi connectivity index (χ3n) is 9.06. The van der Waals surface area contributed by atoms with E-state index in [2.05, 4.69) is 94.4 Å². The molecule has 0 radical (unpaired) electrons. The number of halogens is 2. The van der Waals surface area contributed by atoms with Gasteiger partial charge in [-0.3, -0.25) is 4.79 Å². The molecule has 0 N–H and O–H groups in total. The summed E-state index contributed by atoms with van der Waals surface area (Å²) in [5.74, 6) is -0.230. The molecule has 1 atom stereocenters. The van der Waals surface area contributed by atoms with Crippen LogP contribution in [0.2, 0.25) is 10.0 Å². The van der Waals surface area contributed by atoms with Crippen molar-refractivity contribution in [3.8, 4) is 0 Å². The van der Waals surface area contributed by atoms with Gasteiger partial charge in [-0.25, -0.2) is 0 Å². The summed E-state index contributed by atoms with van der Waals surface area (Å²) >= 11 is 13.5. The fourth-order valence-corrected chi connectivity index (χ4v) is 8.20. The zero-order chi connectivity index (χ0) is 31.2. The highest BCUT2D eigenvalue weighted by Gasteiger charge is 2.62. The maximum atomic E-state index is 13.9. The van der Waals surface area contributed by atoms with Crippen molar-refractivity contribution in [3.05, 3.63) is 163 Å². The number of benzene rings is 4. The quantitative estimate of drug-likeness (QED) is 0.201. The lowest BCUT2D eigenvalue weighted by Gasteiger charge is -2.33. The number of carbonyl (C=O) groups excluding carboxylic acids is 1. The van der Waals surface area contributed by atoms with Gasteiger partial charge in [0.2, 0.25) is 0 Å². The van der Waals surface area contributed by atoms with Gasteiger partial charge >= 0.3 is 5.97 Å². The number of carbonyl (C=O) groups is 1. The molecule has 44 heavy (non-hydrogen) atoms. The molecule has 4 aromatic carbocycles. The molecule has 0 aromatic heterocycles. The minimum absolute atomic E-state index is 0.167. The van der Waals surface area contributed by atoms with Crippen LogP contribution in [-0.2, 0) is 14.9 Å². The number of ether oxygens (including phenoxy) is 1. The highest BCUT2D eigenvalue weighted by molar-refractivity contribution is 6.33. The van der Waals surface area contributed by atoms with Crippen molar-refractivity contribution < 1.29 is 9.53 Å². The van der Waals surface area contributed by atoms with E-state index in [0.717, 1.165) is 39.0 Å². The Morgan fingerprint density at radius 2 is 1.41 bits per heavy atom. The third kappa shape index (κ3) is 4.67. The van der Waals surface area contributed by atoms with Crippen molar-refractivity contribution in [1.29, 1.82) is 0 Å². The molecule has 0 bridgehead atoms. The van der Waals surface area contributed by atoms with Crippen molar-refractivity contribution in [2.24, 2.45) is 5.41 Å². The van der Waals surface area contributed by atoms with Crippen molar-refractivity contribution in [3.63, 3.8) is 0 Å². The lowest BCUT2D eigenvalue weighted by molar-refractivity contribution is -0.144. The molecule has 2 aliphatic carbocycles. The fraction of sp³-hybridized carbons (Fsp3) is 0.225. The Morgan fingerprint density at radius 1 is 0.773 bits per heavy atom. The molecule has 1 saturated carbocycles. The third-order valence-corrected chi connectivity index (χ3v) is 9.64. The predicted octanol–water partition coefficient (Wildman–Crippen LogP) is 10.9. The molecule has 0 amide bonds. The average molecular weight is 620 g/mol. The Bertz CT molecular complexity index is 1860. The Hall–Kier alpha value is -3.85. The van der Waals surface area contributed by atoms with Crippen LogP contribution in [0.5, 0.6) is 0 Å². The van der Waals surface area contributed by atoms with Crippen LogP contribution in [0.4, 0.5) is 0 Å². The summed E-state index contributed by atoms with van der Waals surface area (Å²) < 4.78 is 5.76. The van der Waals surface area contributed by atoms with Crippen LogP contribution in [0.1, 0.15) is 68.9 Å². The molecular weight excluding hydrogens is 583 g/mol. The van der Waals surface area contributed by atoms with Crippen LogP contribution in [-0.4, -0.2) is 12.6 Å². The standard InChI is InChI=1S/C40H36Cl2O2/c1-6-44-33(43)24-40-31-18-12-10-16-29(31)35(26-14-8-7-9-15-26)38(40)39(4,5)36(25(2)3)37(40)34(27-20-22-28(41)23-21-27)30-17-11-13-19-32(30)42/h7-23H,6,24H2,1-5H3/b37-34+. The van der Waals surface area contributed by atoms with Gasteiger partial charge in [-0.1, -0.05) is 128 Å². The number of hydrogen-bond donors (Lipinski definition) is 0. The van der Waals surface area contributed by atoms with Gasteiger partial charge in [0, 0.05) is 21.0 Å². The van der Waals surface area contributed by atoms with E-state index >= 15 is 0 Å². The van der Waals surface area contributed by atoms with Crippen LogP contribution in [0, 0.1) is 5.41 Å². The first kappa shape index (κ1) is 30.2. The normalized spacial score (nSPS) is 19.5. The Kier molecular flexibility index (Phi) is 7.94. The van der Waals surface area contributed by atoms with Crippen molar-refractivity contribution in [2.45, 2.75) is 46.5 Å². The number of allylic oxidation sites excluding steroid dienone is 4. The Morgan fingerprint density at radius 3 is 2.07 bits per heavy atom. The molecule has 4 aromatic rings. The zero-order valence-corrected chi connectivity index (χ0v) is 27.3. The largest absolute Gasteiger partial charge is 0.466 e. The second-order valence-electron chi connectivity index (χ2n) is 12.3. The monoisotopic (exact) mass is 618 g/mol. The van der Waals surface area contributed by atoms with Gasteiger partial charge in [-0.05, 0) is 89.1 Å². The average Bonchev–Trinajstić information content (AvgIpc) is 3.40. The highest BCUT2D eigenvalue weighted by Crippen LogP contribution is 2.71. The highest BCUT2D eigenvalue weighted by atomic mass is 35.5. The van der Waals surface area contributed by atoms with Gasteiger partial charge in [0.25, 0.3) is 0 Å². The summed E-state index contributed by atoms with van der Waals surface area (Å²) in [7, 11) is 0. The maximum absolute atomic E-state index is 13.9. The van der Waals surface area contributed by atoms with Crippen LogP contribution in [0.3, 0.4) is 0 Å². The molecule has 0 heterocycles. The predicted molar refractivity (Wildman–Crippen MR) is 183 cm³/mol. The molecule has 0 saturated heterocycles. The first-order chi connectivity index (χ1) is 21.1. The molecule has 0 aliphatic heterocycles. The molecular formula is C40H36Cl2O2. The van der Waals surface area contributed by atoms with Crippen molar-refractivity contribution in [2.75, 3.05) is 6.61 Å². The van der Waals surface area contributed by atoms with Gasteiger partial charge in [0.05, 0.1) is 18.4 Å². The van der Waals surface area contributed by atoms with E-state index < -0.39 is 10.8 Å². The smallest absolute Gasteiger partial charge is 0.307 e. The van der Waals surface area contributed by atoms with Gasteiger partial charge in [0.15, 0.2) is 0 Å². The summed E-state index contributed by atoms with van der Waals surface area (Å²) in [6, 6.07) is 35.1. The second kappa shape index (κ2) is 11.6. The van der Waals surface area contributed by atoms with Crippen LogP contribution >= 0.6 is 23.2 Å². The first-order valence-corrected chi connectivity index (χ1v) is 15.9. The fourth-order valence-electron chi connectivity index (χ4n) is 7.85. The summed E-state index contributed by atoms with van der Waals surface area (Å²) in [5, 5.41) is 1.31. The van der Waals surface area contributed by atoms with E-state index in [1.807, 2.05) is 43.3 Å². The van der Waals surface area contributed by atoms with Crippen molar-refractivity contribution in [1.82, 2.24) is 0 Å². The van der Waals surface area contributed by atoms with Crippen LogP contribution in [0.25, 0.3) is 11.1 Å². The number of rotatable bonds is 6. The van der Waals surface area contributed by atoms with Gasteiger partial charge < -0.3 is 4.74 Å². The summed E-state index contributed by atoms with van der Waals surface area (Å²) in [6.45, 7) is 11.1. The molecule has 2 aliphatic rings. The summed E-state index contributed by atoms with van der Waals surface area (Å²) in [6.07, 6.45) is 0.167. The number of fused-ring (bicyclic) bond motifs is 3. The van der Waals surface area contributed by atoms with Gasteiger partial charge in [-0.2, -0.15) is 0 Å². The second-order valence-corrected chi connectivity index (χ2v) is 13.1. The van der Waals surface area contributed by atoms with E-state index in [0.29, 0.717) is 16.7 Å². The SMILES string of the molecule is CCOC(=O)CC12C(=C(c3ccccc3)c3ccccc31)C(C)(C)C(=C(C)C)/C2=C(/c1ccc(Cl)cc1)c1ccccc1Cl. The first-order valence-electron chi connectivity index (χ1n) is 15.1. The van der Waals surface area contributed by atoms with Crippen LogP contribution < -0.4 is 0 Å². The van der Waals surface area contributed by atoms with Crippen molar-refractivity contribution >= 4 is 40.3 Å². The minimum Gasteiger partial charge on any atom is -0.466 e. The molecule has 0 spiro atoms. The molecule has 2 nitrogen and oxygen atoms in total. The summed E-state index contributed by atoms with van der Waals surface area (Å²) in [5.41, 5.74) is 10.9. The van der Waals surface area contributed by atoms with E-state index in [1.54, 1.807) is 0 Å². The molecule has 1 fully saturated rings. The topological polar surface area (TPSA) is 26.3 Å². The Balaban J connectivity index is 1.90. The maximum Gasteiger partial charge on any atom is 0.307 e. The van der Waals surface area contributed by atoms with E-state index in [4.69, 9.17) is 27.9 Å². The number of esters is 1. The molecule has 222 valence electrons. The summed E-state index contributed by atoms with van der Waals surface area (Å²) in [4.78, 5) is 13.9. The van der Waals surface area contributed by atoms with Crippen LogP contribution in [0.15, 0.2) is 125 Å². The van der Waals surface area contributed by atoms with E-state index in [-0.39, 0.29) is 12.4 Å². The van der Waals surface area contributed by atoms with Gasteiger partial charge in [0.1, 0.15) is 0 Å². The molecule has 4 heteroatoms. The number of hydrogen-bond acceptors (Lipinski definition) is 2. The molecule has 1 unspecified atom stereocenters. The zero-order valence-electron chi connectivity index (χ0n) is 25.8. The van der Waals surface area contributed by atoms with Gasteiger partial charge in [-0.15, -0.1) is 0 Å². The minimum atomic E-state index is -0.807.